The van der Waals surface area contributed by atoms with E-state index in [4.69, 9.17) is 9.47 Å². The van der Waals surface area contributed by atoms with E-state index in [1.54, 1.807) is 0 Å². The molecule has 3 N–H and O–H groups in total. The van der Waals surface area contributed by atoms with Crippen molar-refractivity contribution in [1.82, 2.24) is 0 Å². The van der Waals surface area contributed by atoms with E-state index in [9.17, 15) is 15.3 Å². The highest BCUT2D eigenvalue weighted by molar-refractivity contribution is 4.88. The topological polar surface area (TPSA) is 79.2 Å². The summed E-state index contributed by atoms with van der Waals surface area (Å²) in [5, 5.41) is 28.7. The SMILES string of the molecule is CCC/C=C/CCCCCCCCCCCO[C@H](CO)[C@@H]1OC[C@H](O)[C@@H]1O. The summed E-state index contributed by atoms with van der Waals surface area (Å²) < 4.78 is 11.0. The van der Waals surface area contributed by atoms with Gasteiger partial charge in [-0.1, -0.05) is 70.4 Å². The van der Waals surface area contributed by atoms with Crippen LogP contribution in [0.5, 0.6) is 0 Å². The molecule has 27 heavy (non-hydrogen) atoms. The summed E-state index contributed by atoms with van der Waals surface area (Å²) in [6.45, 7) is 2.66. The Morgan fingerprint density at radius 2 is 1.52 bits per heavy atom. The van der Waals surface area contributed by atoms with Crippen molar-refractivity contribution in [2.45, 2.75) is 108 Å². The van der Waals surface area contributed by atoms with Crippen LogP contribution in [0, 0.1) is 0 Å². The van der Waals surface area contributed by atoms with Crippen molar-refractivity contribution in [2.24, 2.45) is 0 Å². The number of unbranched alkanes of at least 4 members (excludes halogenated alkanes) is 10. The lowest BCUT2D eigenvalue weighted by molar-refractivity contribution is -0.101. The van der Waals surface area contributed by atoms with Crippen molar-refractivity contribution in [2.75, 3.05) is 19.8 Å². The maximum Gasteiger partial charge on any atom is 0.114 e. The summed E-state index contributed by atoms with van der Waals surface area (Å²) in [6.07, 6.45) is 16.5. The molecule has 0 aromatic heterocycles. The molecule has 5 heteroatoms. The van der Waals surface area contributed by atoms with E-state index in [1.807, 2.05) is 0 Å². The predicted molar refractivity (Wildman–Crippen MR) is 109 cm³/mol. The number of ether oxygens (including phenoxy) is 2. The van der Waals surface area contributed by atoms with Crippen LogP contribution in [0.15, 0.2) is 12.2 Å². The third kappa shape index (κ3) is 11.2. The van der Waals surface area contributed by atoms with E-state index in [1.165, 1.54) is 64.2 Å². The van der Waals surface area contributed by atoms with Crippen LogP contribution in [-0.4, -0.2) is 59.6 Å². The molecule has 0 amide bonds. The van der Waals surface area contributed by atoms with Gasteiger partial charge in [-0.05, 0) is 25.7 Å². The zero-order valence-electron chi connectivity index (χ0n) is 17.2. The van der Waals surface area contributed by atoms with Gasteiger partial charge in [0.1, 0.15) is 24.4 Å². The molecule has 160 valence electrons. The summed E-state index contributed by atoms with van der Waals surface area (Å²) in [4.78, 5) is 0. The van der Waals surface area contributed by atoms with Gasteiger partial charge in [-0.3, -0.25) is 0 Å². The minimum Gasteiger partial charge on any atom is -0.394 e. The second kappa shape index (κ2) is 16.5. The molecular formula is C22H42O5. The molecule has 1 fully saturated rings. The lowest BCUT2D eigenvalue weighted by atomic mass is 10.1. The molecule has 0 aromatic carbocycles. The van der Waals surface area contributed by atoms with E-state index in [0.29, 0.717) is 6.61 Å². The third-order valence-electron chi connectivity index (χ3n) is 5.21. The Bertz CT molecular complexity index is 361. The summed E-state index contributed by atoms with van der Waals surface area (Å²) in [5.74, 6) is 0. The largest absolute Gasteiger partial charge is 0.394 e. The fraction of sp³-hybridized carbons (Fsp3) is 0.909. The average molecular weight is 387 g/mol. The van der Waals surface area contributed by atoms with E-state index in [0.717, 1.165) is 12.8 Å². The van der Waals surface area contributed by atoms with Gasteiger partial charge in [-0.2, -0.15) is 0 Å². The fourth-order valence-corrected chi connectivity index (χ4v) is 3.44. The van der Waals surface area contributed by atoms with E-state index in [2.05, 4.69) is 19.1 Å². The normalized spacial score (nSPS) is 24.1. The number of aliphatic hydroxyl groups excluding tert-OH is 3. The number of hydrogen-bond donors (Lipinski definition) is 3. The molecule has 0 unspecified atom stereocenters. The Kier molecular flexibility index (Phi) is 15.0. The average Bonchev–Trinajstić information content (AvgIpc) is 3.00. The molecule has 1 aliphatic rings. The zero-order valence-corrected chi connectivity index (χ0v) is 17.2. The number of allylic oxidation sites excluding steroid dienone is 2. The Labute approximate surface area is 165 Å². The molecule has 0 aromatic rings. The summed E-state index contributed by atoms with van der Waals surface area (Å²) >= 11 is 0. The van der Waals surface area contributed by atoms with Gasteiger partial charge >= 0.3 is 0 Å². The van der Waals surface area contributed by atoms with Crippen LogP contribution in [0.3, 0.4) is 0 Å². The number of rotatable bonds is 17. The Hall–Kier alpha value is -0.460. The van der Waals surface area contributed by atoms with Crippen molar-refractivity contribution in [3.05, 3.63) is 12.2 Å². The minimum atomic E-state index is -0.977. The maximum absolute atomic E-state index is 9.82. The monoisotopic (exact) mass is 386 g/mol. The molecular weight excluding hydrogens is 344 g/mol. The van der Waals surface area contributed by atoms with E-state index >= 15 is 0 Å². The Morgan fingerprint density at radius 3 is 2.07 bits per heavy atom. The summed E-state index contributed by atoms with van der Waals surface area (Å²) in [5.41, 5.74) is 0. The predicted octanol–water partition coefficient (Wildman–Crippen LogP) is 3.74. The van der Waals surface area contributed by atoms with Crippen LogP contribution in [-0.2, 0) is 9.47 Å². The van der Waals surface area contributed by atoms with Crippen molar-refractivity contribution in [1.29, 1.82) is 0 Å². The molecule has 1 aliphatic heterocycles. The smallest absolute Gasteiger partial charge is 0.114 e. The second-order valence-corrected chi connectivity index (χ2v) is 7.68. The van der Waals surface area contributed by atoms with Crippen molar-refractivity contribution in [3.8, 4) is 0 Å². The second-order valence-electron chi connectivity index (χ2n) is 7.68. The molecule has 5 nitrogen and oxygen atoms in total. The van der Waals surface area contributed by atoms with Crippen LogP contribution >= 0.6 is 0 Å². The van der Waals surface area contributed by atoms with Gasteiger partial charge in [0, 0.05) is 6.61 Å². The van der Waals surface area contributed by atoms with Crippen LogP contribution in [0.4, 0.5) is 0 Å². The van der Waals surface area contributed by atoms with Gasteiger partial charge < -0.3 is 24.8 Å². The lowest BCUT2D eigenvalue weighted by Gasteiger charge is -2.24. The third-order valence-corrected chi connectivity index (χ3v) is 5.21. The fourth-order valence-electron chi connectivity index (χ4n) is 3.44. The number of hydrogen-bond acceptors (Lipinski definition) is 5. The van der Waals surface area contributed by atoms with Crippen LogP contribution in [0.25, 0.3) is 0 Å². The molecule has 1 heterocycles. The minimum absolute atomic E-state index is 0.0985. The Balaban J connectivity index is 1.87. The maximum atomic E-state index is 9.82. The van der Waals surface area contributed by atoms with Crippen LogP contribution < -0.4 is 0 Å². The molecule has 1 rings (SSSR count). The molecule has 4 atom stereocenters. The first-order valence-electron chi connectivity index (χ1n) is 11.1. The zero-order chi connectivity index (χ0) is 19.7. The summed E-state index contributed by atoms with van der Waals surface area (Å²) in [6, 6.07) is 0. The van der Waals surface area contributed by atoms with Crippen molar-refractivity contribution >= 4 is 0 Å². The van der Waals surface area contributed by atoms with Crippen molar-refractivity contribution in [3.63, 3.8) is 0 Å². The number of aliphatic hydroxyl groups is 3. The highest BCUT2D eigenvalue weighted by atomic mass is 16.6. The highest BCUT2D eigenvalue weighted by Gasteiger charge is 2.40. The standard InChI is InChI=1S/C22H42O5/c1-2-3-4-5-6-7-8-9-10-11-12-13-14-15-16-26-20(17-23)22-21(25)19(24)18-27-22/h4-5,19-25H,2-3,6-18H2,1H3/b5-4+/t19-,20+,21-,22-/m0/s1. The molecule has 0 saturated carbocycles. The molecule has 0 aliphatic carbocycles. The van der Waals surface area contributed by atoms with Crippen LogP contribution in [0.2, 0.25) is 0 Å². The molecule has 1 saturated heterocycles. The first-order chi connectivity index (χ1) is 13.2. The van der Waals surface area contributed by atoms with Gasteiger partial charge in [0.2, 0.25) is 0 Å². The molecule has 0 spiro atoms. The lowest BCUT2D eigenvalue weighted by Crippen LogP contribution is -2.42. The first-order valence-corrected chi connectivity index (χ1v) is 11.1. The van der Waals surface area contributed by atoms with Gasteiger partial charge in [0.25, 0.3) is 0 Å². The Morgan fingerprint density at radius 1 is 0.926 bits per heavy atom. The quantitative estimate of drug-likeness (QED) is 0.262. The highest BCUT2D eigenvalue weighted by Crippen LogP contribution is 2.20. The molecule has 0 radical (unpaired) electrons. The van der Waals surface area contributed by atoms with Crippen LogP contribution in [0.1, 0.15) is 84.0 Å². The first kappa shape index (κ1) is 24.6. The van der Waals surface area contributed by atoms with Gasteiger partial charge in [0.05, 0.1) is 13.2 Å². The molecule has 0 bridgehead atoms. The van der Waals surface area contributed by atoms with E-state index < -0.39 is 24.4 Å². The van der Waals surface area contributed by atoms with Crippen molar-refractivity contribution < 1.29 is 24.8 Å². The summed E-state index contributed by atoms with van der Waals surface area (Å²) in [7, 11) is 0. The van der Waals surface area contributed by atoms with Gasteiger partial charge in [0.15, 0.2) is 0 Å². The van der Waals surface area contributed by atoms with Gasteiger partial charge in [-0.15, -0.1) is 0 Å². The van der Waals surface area contributed by atoms with E-state index in [-0.39, 0.29) is 13.2 Å². The van der Waals surface area contributed by atoms with Gasteiger partial charge in [-0.25, -0.2) is 0 Å².